The molecule has 1 spiro atoms. The molecule has 5 heterocycles. The van der Waals surface area contributed by atoms with Crippen LogP contribution in [0.4, 0.5) is 13.6 Å². The second-order valence-electron chi connectivity index (χ2n) is 12.8. The van der Waals surface area contributed by atoms with Crippen molar-refractivity contribution in [1.29, 1.82) is 0 Å². The fraction of sp³-hybridized carbons (Fsp3) is 0.516. The summed E-state index contributed by atoms with van der Waals surface area (Å²) in [4.78, 5) is 81.6. The van der Waals surface area contributed by atoms with Crippen LogP contribution in [0, 0.1) is 11.6 Å². The molecule has 2 aromatic rings. The highest BCUT2D eigenvalue weighted by molar-refractivity contribution is 7.46. The molecule has 3 N–H and O–H groups in total. The quantitative estimate of drug-likeness (QED) is 0.250. The Kier molecular flexibility index (Phi) is 10.2. The van der Waals surface area contributed by atoms with Crippen molar-refractivity contribution >= 4 is 31.4 Å². The van der Waals surface area contributed by atoms with E-state index in [4.69, 9.17) is 28.8 Å². The molecule has 51 heavy (non-hydrogen) atoms. The van der Waals surface area contributed by atoms with Gasteiger partial charge in [-0.05, 0) is 32.8 Å². The molecular formula is C31H36F2N5O12P. The number of ether oxygens (including phenoxy) is 3. The van der Waals surface area contributed by atoms with E-state index in [1.54, 1.807) is 11.8 Å². The molecule has 1 aromatic heterocycles. The Balaban J connectivity index is 1.33. The number of phosphoric ester groups is 1. The number of amides is 3. The molecule has 2 fully saturated rings. The lowest BCUT2D eigenvalue weighted by atomic mass is 9.84. The zero-order valence-electron chi connectivity index (χ0n) is 27.6. The summed E-state index contributed by atoms with van der Waals surface area (Å²) >= 11 is 0. The molecule has 4 aliphatic rings. The first kappa shape index (κ1) is 36.4. The molecule has 6 rings (SSSR count). The molecule has 0 radical (unpaired) electrons. The van der Waals surface area contributed by atoms with Crippen LogP contribution in [-0.2, 0) is 29.9 Å². The molecule has 0 unspecified atom stereocenters. The van der Waals surface area contributed by atoms with Gasteiger partial charge in [0, 0.05) is 49.9 Å². The van der Waals surface area contributed by atoms with E-state index in [2.05, 4.69) is 15.0 Å². The monoisotopic (exact) mass is 739 g/mol. The number of rotatable bonds is 9. The maximum atomic E-state index is 14.3. The number of hydrogen-bond donors (Lipinski definition) is 3. The van der Waals surface area contributed by atoms with Gasteiger partial charge in [0.05, 0.1) is 37.6 Å². The highest BCUT2D eigenvalue weighted by atomic mass is 31.2. The number of oxime groups is 1. The maximum absolute atomic E-state index is 14.3. The van der Waals surface area contributed by atoms with E-state index < -0.39 is 91.7 Å². The Morgan fingerprint density at radius 3 is 2.73 bits per heavy atom. The summed E-state index contributed by atoms with van der Waals surface area (Å²) in [6, 6.07) is 0.968. The highest BCUT2D eigenvalue weighted by Crippen LogP contribution is 2.46. The number of aromatic nitrogens is 1. The molecule has 3 amide bonds. The Labute approximate surface area is 289 Å². The van der Waals surface area contributed by atoms with E-state index in [9.17, 15) is 32.5 Å². The summed E-state index contributed by atoms with van der Waals surface area (Å²) in [6.45, 7) is 1.90. The smallest absolute Gasteiger partial charge is 0.451 e. The first-order chi connectivity index (χ1) is 24.2. The van der Waals surface area contributed by atoms with Crippen molar-refractivity contribution in [2.24, 2.45) is 5.16 Å². The Bertz CT molecular complexity index is 1870. The largest absolute Gasteiger partial charge is 0.469 e. The van der Waals surface area contributed by atoms with Gasteiger partial charge in [0.1, 0.15) is 17.2 Å². The van der Waals surface area contributed by atoms with Crippen LogP contribution in [0.25, 0.3) is 0 Å². The minimum absolute atomic E-state index is 0.0209. The van der Waals surface area contributed by atoms with E-state index in [0.29, 0.717) is 31.0 Å². The number of carbonyl (C=O) groups is 3. The van der Waals surface area contributed by atoms with Crippen molar-refractivity contribution in [1.82, 2.24) is 19.7 Å². The first-order valence-electron chi connectivity index (χ1n) is 16.1. The summed E-state index contributed by atoms with van der Waals surface area (Å²) in [6.07, 6.45) is 1.66. The molecule has 4 atom stereocenters. The SMILES string of the molecule is CC1=NO[C@@]2(CC[C@H](C)N3C[C@H]2n2cc(C(=O)NCc4ccc(F)cc4F)c(=O)c(OCOC(=O)N4CCOC[C@@H]4COP(=O)(O)O)c2C3=O)C1. The minimum Gasteiger partial charge on any atom is -0.451 e. The van der Waals surface area contributed by atoms with Crippen molar-refractivity contribution in [3.05, 3.63) is 63.1 Å². The van der Waals surface area contributed by atoms with Crippen LogP contribution in [-0.4, -0.2) is 105 Å². The van der Waals surface area contributed by atoms with Gasteiger partial charge in [-0.2, -0.15) is 0 Å². The van der Waals surface area contributed by atoms with Gasteiger partial charge in [-0.1, -0.05) is 11.2 Å². The summed E-state index contributed by atoms with van der Waals surface area (Å²) in [5.74, 6) is -3.84. The van der Waals surface area contributed by atoms with E-state index >= 15 is 0 Å². The summed E-state index contributed by atoms with van der Waals surface area (Å²) < 4.78 is 61.3. The number of phosphoric acid groups is 1. The number of benzene rings is 1. The lowest BCUT2D eigenvalue weighted by Crippen LogP contribution is -2.52. The van der Waals surface area contributed by atoms with E-state index in [-0.39, 0.29) is 43.6 Å². The maximum Gasteiger partial charge on any atom is 0.469 e. The third-order valence-corrected chi connectivity index (χ3v) is 9.89. The van der Waals surface area contributed by atoms with Crippen LogP contribution in [0.15, 0.2) is 34.3 Å². The van der Waals surface area contributed by atoms with Crippen molar-refractivity contribution in [2.45, 2.75) is 63.4 Å². The molecule has 17 nitrogen and oxygen atoms in total. The number of hydrogen-bond acceptors (Lipinski definition) is 11. The van der Waals surface area contributed by atoms with Crippen LogP contribution in [0.1, 0.15) is 65.6 Å². The van der Waals surface area contributed by atoms with Crippen LogP contribution in [0.2, 0.25) is 0 Å². The number of morpholine rings is 1. The van der Waals surface area contributed by atoms with Crippen molar-refractivity contribution < 1.29 is 61.1 Å². The first-order valence-corrected chi connectivity index (χ1v) is 17.6. The topological polar surface area (TPSA) is 208 Å². The summed E-state index contributed by atoms with van der Waals surface area (Å²) in [5, 5.41) is 6.64. The second-order valence-corrected chi connectivity index (χ2v) is 14.0. The standard InChI is InChI=1S/C31H36F2N5O12P/c1-17-10-31(50-35-17)6-5-18(2)37-13-24(31)38-12-22(28(40)34-11-19-3-4-20(32)9-23(19)33)26(39)27(25(38)29(37)41)47-16-48-30(42)36-7-8-46-14-21(36)15-49-51(43,44)45/h3-4,9,12,18,21,24H,5-8,10-11,13-16H2,1-2H3,(H,34,40)(H2,43,44,45)/t18-,21+,24+,31-/m0/s1. The van der Waals surface area contributed by atoms with E-state index in [1.807, 2.05) is 6.92 Å². The van der Waals surface area contributed by atoms with Gasteiger partial charge in [0.15, 0.2) is 11.3 Å². The molecule has 2 bridgehead atoms. The Morgan fingerprint density at radius 1 is 1.24 bits per heavy atom. The predicted molar refractivity (Wildman–Crippen MR) is 170 cm³/mol. The fourth-order valence-corrected chi connectivity index (χ4v) is 7.15. The lowest BCUT2D eigenvalue weighted by molar-refractivity contribution is -0.0658. The second kappa shape index (κ2) is 14.3. The van der Waals surface area contributed by atoms with Crippen LogP contribution in [0.5, 0.6) is 5.75 Å². The average Bonchev–Trinajstić information content (AvgIpc) is 3.41. The van der Waals surface area contributed by atoms with E-state index in [0.717, 1.165) is 17.0 Å². The van der Waals surface area contributed by atoms with Gasteiger partial charge in [0.2, 0.25) is 18.0 Å². The molecular weight excluding hydrogens is 703 g/mol. The molecule has 0 aliphatic carbocycles. The van der Waals surface area contributed by atoms with Gasteiger partial charge < -0.3 is 43.6 Å². The van der Waals surface area contributed by atoms with Crippen molar-refractivity contribution in [3.8, 4) is 5.75 Å². The number of nitrogens with zero attached hydrogens (tertiary/aromatic N) is 4. The zero-order valence-corrected chi connectivity index (χ0v) is 28.5. The average molecular weight is 740 g/mol. The Hall–Kier alpha value is -4.42. The number of pyridine rings is 1. The summed E-state index contributed by atoms with van der Waals surface area (Å²) in [7, 11) is -4.86. The van der Waals surface area contributed by atoms with Crippen molar-refractivity contribution in [3.63, 3.8) is 0 Å². The minimum atomic E-state index is -4.86. The molecule has 1 aromatic carbocycles. The Morgan fingerprint density at radius 2 is 2.02 bits per heavy atom. The predicted octanol–water partition coefficient (Wildman–Crippen LogP) is 2.05. The van der Waals surface area contributed by atoms with Gasteiger partial charge in [-0.15, -0.1) is 0 Å². The summed E-state index contributed by atoms with van der Waals surface area (Å²) in [5.41, 5.74) is -1.99. The highest BCUT2D eigenvalue weighted by Gasteiger charge is 2.54. The van der Waals surface area contributed by atoms with Crippen LogP contribution < -0.4 is 15.5 Å². The normalized spacial score (nSPS) is 24.4. The third kappa shape index (κ3) is 7.48. The number of fused-ring (bicyclic) bond motifs is 5. The molecule has 0 saturated carbocycles. The lowest BCUT2D eigenvalue weighted by Gasteiger charge is -2.42. The van der Waals surface area contributed by atoms with E-state index in [1.165, 1.54) is 10.8 Å². The van der Waals surface area contributed by atoms with Crippen LogP contribution in [0.3, 0.4) is 0 Å². The van der Waals surface area contributed by atoms with Gasteiger partial charge in [-0.25, -0.2) is 18.1 Å². The van der Waals surface area contributed by atoms with Gasteiger partial charge in [-0.3, -0.25) is 23.8 Å². The molecule has 20 heteroatoms. The molecule has 2 saturated heterocycles. The van der Waals surface area contributed by atoms with Gasteiger partial charge >= 0.3 is 13.9 Å². The van der Waals surface area contributed by atoms with Gasteiger partial charge in [0.25, 0.3) is 11.8 Å². The third-order valence-electron chi connectivity index (χ3n) is 9.41. The fourth-order valence-electron chi connectivity index (χ4n) is 6.78. The number of halogens is 2. The van der Waals surface area contributed by atoms with Crippen LogP contribution >= 0.6 is 7.82 Å². The molecule has 4 aliphatic heterocycles. The number of carbonyl (C=O) groups excluding carboxylic acids is 3. The van der Waals surface area contributed by atoms with Crippen molar-refractivity contribution in [2.75, 3.05) is 39.7 Å². The molecule has 276 valence electrons. The zero-order chi connectivity index (χ0) is 36.7. The number of nitrogens with one attached hydrogen (secondary N) is 1.